The number of hydrogen-bond donors (Lipinski definition) is 0. The minimum atomic E-state index is 0.821. The quantitative estimate of drug-likeness (QED) is 0.484. The van der Waals surface area contributed by atoms with Crippen LogP contribution in [0.25, 0.3) is 11.3 Å². The Morgan fingerprint density at radius 3 is 2.15 bits per heavy atom. The van der Waals surface area contributed by atoms with Crippen molar-refractivity contribution in [1.29, 1.82) is 0 Å². The van der Waals surface area contributed by atoms with Gasteiger partial charge in [0.25, 0.3) is 0 Å². The second-order valence-corrected chi connectivity index (χ2v) is 6.33. The number of rotatable bonds is 6. The van der Waals surface area contributed by atoms with Gasteiger partial charge in [0.15, 0.2) is 0 Å². The van der Waals surface area contributed by atoms with Crippen LogP contribution in [0.1, 0.15) is 12.5 Å². The summed E-state index contributed by atoms with van der Waals surface area (Å²) in [5.74, 6) is 1.67. The first-order chi connectivity index (χ1) is 12.7. The molecule has 1 heterocycles. The second-order valence-electron chi connectivity index (χ2n) is 5.49. The number of methoxy groups -OCH3 is 2. The van der Waals surface area contributed by atoms with E-state index in [0.717, 1.165) is 39.7 Å². The molecule has 26 heavy (non-hydrogen) atoms. The highest BCUT2D eigenvalue weighted by Crippen LogP contribution is 2.23. The molecule has 5 nitrogen and oxygen atoms in total. The Morgan fingerprint density at radius 2 is 1.58 bits per heavy atom. The molecule has 0 radical (unpaired) electrons. The molecule has 0 saturated heterocycles. The van der Waals surface area contributed by atoms with Crippen molar-refractivity contribution in [3.63, 3.8) is 0 Å². The van der Waals surface area contributed by atoms with E-state index >= 15 is 0 Å². The third-order valence-corrected chi connectivity index (χ3v) is 4.82. The highest BCUT2D eigenvalue weighted by atomic mass is 32.1. The van der Waals surface area contributed by atoms with Gasteiger partial charge in [-0.05, 0) is 66.6 Å². The fourth-order valence-electron chi connectivity index (χ4n) is 2.54. The fourth-order valence-corrected chi connectivity index (χ4v) is 3.47. The largest absolute Gasteiger partial charge is 0.497 e. The van der Waals surface area contributed by atoms with Crippen LogP contribution in [0.4, 0.5) is 0 Å². The monoisotopic (exact) mass is 367 g/mol. The number of hydrogen-bond acceptors (Lipinski definition) is 5. The molecule has 0 N–H and O–H groups in total. The number of ether oxygens (including phenoxy) is 2. The van der Waals surface area contributed by atoms with Crippen molar-refractivity contribution in [2.24, 2.45) is 10.2 Å². The van der Waals surface area contributed by atoms with Gasteiger partial charge in [0, 0.05) is 11.9 Å². The summed E-state index contributed by atoms with van der Waals surface area (Å²) in [7, 11) is 3.32. The molecule has 0 unspecified atom stereocenters. The molecule has 0 amide bonds. The Hall–Kier alpha value is -2.86. The summed E-state index contributed by atoms with van der Waals surface area (Å²) >= 11 is 1.58. The maximum atomic E-state index is 5.23. The zero-order chi connectivity index (χ0) is 18.4. The molecule has 0 saturated carbocycles. The van der Waals surface area contributed by atoms with E-state index < -0.39 is 0 Å². The van der Waals surface area contributed by atoms with Gasteiger partial charge in [-0.3, -0.25) is 0 Å². The van der Waals surface area contributed by atoms with Crippen LogP contribution in [0, 0.1) is 0 Å². The SMILES string of the molecule is CCn1c(-c2ccc(OC)cc2)cs/c1=N\N=C/c1ccc(OC)cc1. The summed E-state index contributed by atoms with van der Waals surface area (Å²) in [6.45, 7) is 2.92. The Kier molecular flexibility index (Phi) is 5.86. The third kappa shape index (κ3) is 4.03. The van der Waals surface area contributed by atoms with Crippen molar-refractivity contribution in [1.82, 2.24) is 4.57 Å². The molecule has 0 fully saturated rings. The zero-order valence-electron chi connectivity index (χ0n) is 15.0. The van der Waals surface area contributed by atoms with Gasteiger partial charge in [-0.2, -0.15) is 5.10 Å². The minimum absolute atomic E-state index is 0.821. The molecule has 1 aromatic heterocycles. The van der Waals surface area contributed by atoms with Crippen molar-refractivity contribution in [3.8, 4) is 22.8 Å². The average Bonchev–Trinajstić information content (AvgIpc) is 3.11. The third-order valence-electron chi connectivity index (χ3n) is 3.97. The van der Waals surface area contributed by atoms with E-state index in [0.29, 0.717) is 0 Å². The van der Waals surface area contributed by atoms with Gasteiger partial charge in [0.2, 0.25) is 4.80 Å². The van der Waals surface area contributed by atoms with E-state index in [-0.39, 0.29) is 0 Å². The Labute approximate surface area is 156 Å². The van der Waals surface area contributed by atoms with E-state index in [1.165, 1.54) is 0 Å². The highest BCUT2D eigenvalue weighted by Gasteiger charge is 2.06. The van der Waals surface area contributed by atoms with Crippen molar-refractivity contribution < 1.29 is 9.47 Å². The lowest BCUT2D eigenvalue weighted by molar-refractivity contribution is 0.414. The molecule has 0 spiro atoms. The Morgan fingerprint density at radius 1 is 0.962 bits per heavy atom. The Bertz CT molecular complexity index is 938. The van der Waals surface area contributed by atoms with Crippen LogP contribution in [0.2, 0.25) is 0 Å². The van der Waals surface area contributed by atoms with Crippen LogP contribution in [-0.2, 0) is 6.54 Å². The van der Waals surface area contributed by atoms with Crippen molar-refractivity contribution in [3.05, 3.63) is 64.3 Å². The summed E-state index contributed by atoms with van der Waals surface area (Å²) in [6, 6.07) is 15.7. The number of aromatic nitrogens is 1. The smallest absolute Gasteiger partial charge is 0.211 e. The van der Waals surface area contributed by atoms with Crippen molar-refractivity contribution >= 4 is 17.6 Å². The molecule has 0 aliphatic heterocycles. The van der Waals surface area contributed by atoms with E-state index in [4.69, 9.17) is 9.47 Å². The van der Waals surface area contributed by atoms with Gasteiger partial charge in [-0.25, -0.2) is 0 Å². The lowest BCUT2D eigenvalue weighted by atomic mass is 10.1. The summed E-state index contributed by atoms with van der Waals surface area (Å²) < 4.78 is 12.5. The van der Waals surface area contributed by atoms with Crippen LogP contribution in [0.15, 0.2) is 64.1 Å². The molecule has 3 rings (SSSR count). The van der Waals surface area contributed by atoms with E-state index in [2.05, 4.69) is 39.2 Å². The van der Waals surface area contributed by atoms with Gasteiger partial charge < -0.3 is 14.0 Å². The predicted molar refractivity (Wildman–Crippen MR) is 106 cm³/mol. The second kappa shape index (κ2) is 8.49. The lowest BCUT2D eigenvalue weighted by Gasteiger charge is -2.06. The van der Waals surface area contributed by atoms with Gasteiger partial charge in [0.05, 0.1) is 26.1 Å². The Balaban J connectivity index is 1.86. The molecular formula is C20H21N3O2S. The topological polar surface area (TPSA) is 48.1 Å². The number of benzene rings is 2. The first kappa shape index (κ1) is 17.9. The molecule has 0 bridgehead atoms. The van der Waals surface area contributed by atoms with Crippen molar-refractivity contribution in [2.45, 2.75) is 13.5 Å². The average molecular weight is 367 g/mol. The summed E-state index contributed by atoms with van der Waals surface area (Å²) in [4.78, 5) is 0.864. The van der Waals surface area contributed by atoms with Crippen LogP contribution in [0.5, 0.6) is 11.5 Å². The molecule has 2 aromatic carbocycles. The zero-order valence-corrected chi connectivity index (χ0v) is 15.9. The van der Waals surface area contributed by atoms with Crippen LogP contribution in [-0.4, -0.2) is 25.0 Å². The molecule has 0 aliphatic rings. The normalized spacial score (nSPS) is 11.9. The highest BCUT2D eigenvalue weighted by molar-refractivity contribution is 7.07. The first-order valence-electron chi connectivity index (χ1n) is 8.29. The molecule has 134 valence electrons. The molecule has 0 atom stereocenters. The van der Waals surface area contributed by atoms with Gasteiger partial charge in [-0.15, -0.1) is 16.4 Å². The maximum Gasteiger partial charge on any atom is 0.211 e. The van der Waals surface area contributed by atoms with Gasteiger partial charge >= 0.3 is 0 Å². The molecule has 3 aromatic rings. The minimum Gasteiger partial charge on any atom is -0.497 e. The fraction of sp³-hybridized carbons (Fsp3) is 0.200. The number of thiazole rings is 1. The van der Waals surface area contributed by atoms with E-state index in [1.807, 2.05) is 36.4 Å². The maximum absolute atomic E-state index is 5.23. The van der Waals surface area contributed by atoms with E-state index in [1.54, 1.807) is 31.8 Å². The molecular weight excluding hydrogens is 346 g/mol. The van der Waals surface area contributed by atoms with Crippen molar-refractivity contribution in [2.75, 3.05) is 14.2 Å². The van der Waals surface area contributed by atoms with Gasteiger partial charge in [0.1, 0.15) is 11.5 Å². The standard InChI is InChI=1S/C20H21N3O2S/c1-4-23-19(16-7-11-18(25-3)12-8-16)14-26-20(23)22-21-13-15-5-9-17(24-2)10-6-15/h5-14H,4H2,1-3H3/b21-13-,22-20-. The van der Waals surface area contributed by atoms with Crippen LogP contribution < -0.4 is 14.3 Å². The molecule has 0 aliphatic carbocycles. The first-order valence-corrected chi connectivity index (χ1v) is 9.17. The molecule has 6 heteroatoms. The van der Waals surface area contributed by atoms with Crippen LogP contribution in [0.3, 0.4) is 0 Å². The van der Waals surface area contributed by atoms with Gasteiger partial charge in [-0.1, -0.05) is 0 Å². The summed E-state index contributed by atoms with van der Waals surface area (Å²) in [5.41, 5.74) is 3.23. The van der Waals surface area contributed by atoms with Crippen LogP contribution >= 0.6 is 11.3 Å². The van der Waals surface area contributed by atoms with E-state index in [9.17, 15) is 0 Å². The predicted octanol–water partition coefficient (Wildman–Crippen LogP) is 4.19. The lowest BCUT2D eigenvalue weighted by Crippen LogP contribution is -2.14. The number of nitrogens with zero attached hydrogens (tertiary/aromatic N) is 3. The summed E-state index contributed by atoms with van der Waals surface area (Å²) in [6.07, 6.45) is 1.74. The summed E-state index contributed by atoms with van der Waals surface area (Å²) in [5, 5.41) is 10.7.